The van der Waals surface area contributed by atoms with E-state index in [4.69, 9.17) is 72.8 Å². The average molecular weight is 1140 g/mol. The molecule has 0 bridgehead atoms. The number of aromatic nitrogens is 7. The standard InChI is InChI=1S/C55H79N15O12/c1-68-13-15-69(16-14-68)29-8-12-35-37(19-29)65-53(63-35)27-7-11-34-36(18-27)64-52(62-34)26-5-9-30(10-6-26)77-17-3-2-4-28-24-70(67-66-28)25-41-31(20-38-42(60)48(75)46(73)39(22-56)78-38)44(71)55(80-41)82-51-45(72)32(58)21-33(59)50(51)81-54-43(61)49(76)47(74)40(23-57)79-54/h5-12,18-19,24,31-33,38-51,54-55,71-76H,2-4,13-17,20-23,25,56-61H2,1H3,(H,62,64)(H,63,65)/t31?,32-,33?,38-,39+,40?,41-,42?,43?,44+,45?,46-,47-,48?,49-,50?,51-,54+,55+/m1/s1. The maximum atomic E-state index is 12.1. The average Bonchev–Trinajstić information content (AvgIpc) is 4.47. The molecule has 5 fully saturated rings. The number of imidazole rings is 2. The van der Waals surface area contributed by atoms with E-state index in [9.17, 15) is 30.6 Å². The Labute approximate surface area is 473 Å². The number of nitrogens with two attached hydrogens (primary N) is 6. The number of nitrogens with one attached hydrogen (secondary N) is 2. The fraction of sp³-hybridized carbons (Fsp3) is 0.600. The van der Waals surface area contributed by atoms with Gasteiger partial charge in [-0.25, -0.2) is 14.6 Å². The first-order chi connectivity index (χ1) is 39.5. The number of anilines is 1. The number of H-pyrrole nitrogens is 2. The summed E-state index contributed by atoms with van der Waals surface area (Å²) in [7, 11) is 2.16. The number of aliphatic hydroxyl groups excluding tert-OH is 6. The van der Waals surface area contributed by atoms with Crippen LogP contribution in [-0.2, 0) is 36.6 Å². The molecule has 5 aliphatic rings. The van der Waals surface area contributed by atoms with Gasteiger partial charge in [0.15, 0.2) is 12.6 Å². The molecule has 1 saturated carbocycles. The topological polar surface area (TPSA) is 427 Å². The van der Waals surface area contributed by atoms with E-state index in [2.05, 4.69) is 61.4 Å². The second kappa shape index (κ2) is 25.1. The van der Waals surface area contributed by atoms with Crippen molar-refractivity contribution in [3.63, 3.8) is 0 Å². The van der Waals surface area contributed by atoms with Crippen molar-refractivity contribution in [2.24, 2.45) is 40.3 Å². The fourth-order valence-electron chi connectivity index (χ4n) is 12.0. The highest BCUT2D eigenvalue weighted by Gasteiger charge is 2.54. The molecule has 0 spiro atoms. The van der Waals surface area contributed by atoms with Gasteiger partial charge in [-0.1, -0.05) is 5.21 Å². The number of fused-ring (bicyclic) bond motifs is 2. The number of rotatable bonds is 19. The van der Waals surface area contributed by atoms with Crippen LogP contribution in [0.3, 0.4) is 0 Å². The quantitative estimate of drug-likeness (QED) is 0.0367. The first-order valence-electron chi connectivity index (χ1n) is 28.4. The molecule has 0 amide bonds. The van der Waals surface area contributed by atoms with Crippen molar-refractivity contribution in [3.05, 3.63) is 72.6 Å². The lowest BCUT2D eigenvalue weighted by atomic mass is 9.83. The van der Waals surface area contributed by atoms with Gasteiger partial charge in [-0.15, -0.1) is 5.10 Å². The molecule has 27 nitrogen and oxygen atoms in total. The SMILES string of the molecule is CN1CCN(c2ccc3nc(-c4ccc5nc(-c6ccc(OCCCCc7cn(C[C@H]8O[C@@H](O[C@H]9C(O[C@@H]%10OC(CN)[C@@H](O)[C@H](O)C%10N)C(N)C[C@@H](N)C9O)[C@@H](O)C8C[C@H]8O[C@@H](CN)[C@@H](O)C(O)C8N)nn7)cc6)[nH]c5c4)[nH]c3c2)CC1. The minimum Gasteiger partial charge on any atom is -0.494 e. The Hall–Kier alpha value is -5.38. The van der Waals surface area contributed by atoms with Crippen LogP contribution >= 0.6 is 0 Å². The van der Waals surface area contributed by atoms with Gasteiger partial charge < -0.3 is 113 Å². The fourth-order valence-corrected chi connectivity index (χ4v) is 12.0. The molecule has 82 heavy (non-hydrogen) atoms. The van der Waals surface area contributed by atoms with Gasteiger partial charge in [-0.3, -0.25) is 0 Å². The monoisotopic (exact) mass is 1140 g/mol. The Morgan fingerprint density at radius 2 is 1.27 bits per heavy atom. The maximum Gasteiger partial charge on any atom is 0.184 e. The van der Waals surface area contributed by atoms with E-state index >= 15 is 0 Å². The molecule has 7 heterocycles. The zero-order chi connectivity index (χ0) is 57.5. The van der Waals surface area contributed by atoms with Crippen LogP contribution in [0.5, 0.6) is 5.75 Å². The Bertz CT molecular complexity index is 3050. The van der Waals surface area contributed by atoms with Crippen molar-refractivity contribution < 1.29 is 59.1 Å². The van der Waals surface area contributed by atoms with Crippen molar-refractivity contribution in [2.45, 2.75) is 149 Å². The van der Waals surface area contributed by atoms with Crippen LogP contribution in [-0.4, -0.2) is 233 Å². The third-order valence-electron chi connectivity index (χ3n) is 17.0. The summed E-state index contributed by atoms with van der Waals surface area (Å²) in [5.74, 6) is 1.48. The van der Waals surface area contributed by atoms with Gasteiger partial charge in [-0.2, -0.15) is 0 Å². The molecule has 27 heteroatoms. The number of likely N-dealkylation sites (N-methyl/N-ethyl adjacent to an activating group) is 1. The zero-order valence-electron chi connectivity index (χ0n) is 45.7. The lowest BCUT2D eigenvalue weighted by molar-refractivity contribution is -0.306. The third-order valence-corrected chi connectivity index (χ3v) is 17.0. The van der Waals surface area contributed by atoms with Crippen LogP contribution in [0, 0.1) is 5.92 Å². The number of hydrogen-bond donors (Lipinski definition) is 14. The van der Waals surface area contributed by atoms with Gasteiger partial charge in [0.05, 0.1) is 77.4 Å². The summed E-state index contributed by atoms with van der Waals surface area (Å²) in [5, 5.41) is 75.0. The van der Waals surface area contributed by atoms with E-state index in [1.54, 1.807) is 10.9 Å². The molecule has 4 saturated heterocycles. The lowest BCUT2D eigenvalue weighted by Gasteiger charge is -2.47. The molecule has 11 rings (SSSR count). The number of aromatic amines is 2. The highest BCUT2D eigenvalue weighted by molar-refractivity contribution is 5.87. The first-order valence-corrected chi connectivity index (χ1v) is 28.4. The summed E-state index contributed by atoms with van der Waals surface area (Å²) in [6.07, 6.45) is -13.2. The normalized spacial score (nSPS) is 34.8. The molecule has 3 aromatic heterocycles. The van der Waals surface area contributed by atoms with Crippen molar-refractivity contribution in [1.82, 2.24) is 39.8 Å². The molecule has 446 valence electrons. The van der Waals surface area contributed by atoms with Crippen LogP contribution in [0.15, 0.2) is 66.9 Å². The largest absolute Gasteiger partial charge is 0.494 e. The van der Waals surface area contributed by atoms with Crippen molar-refractivity contribution in [3.8, 4) is 28.5 Å². The number of piperazine rings is 1. The molecule has 19 atom stereocenters. The van der Waals surface area contributed by atoms with Gasteiger partial charge >= 0.3 is 0 Å². The van der Waals surface area contributed by atoms with Crippen LogP contribution < -0.4 is 44.0 Å². The minimum atomic E-state index is -1.46. The summed E-state index contributed by atoms with van der Waals surface area (Å²) in [6, 6.07) is 16.3. The second-order valence-corrected chi connectivity index (χ2v) is 22.7. The van der Waals surface area contributed by atoms with E-state index in [1.807, 2.05) is 36.4 Å². The van der Waals surface area contributed by atoms with E-state index in [-0.39, 0.29) is 32.5 Å². The van der Waals surface area contributed by atoms with Crippen LogP contribution in [0.4, 0.5) is 5.69 Å². The second-order valence-electron chi connectivity index (χ2n) is 22.7. The summed E-state index contributed by atoms with van der Waals surface area (Å²) in [5.41, 5.74) is 44.7. The molecule has 4 aliphatic heterocycles. The number of aryl methyl sites for hydroxylation is 1. The van der Waals surface area contributed by atoms with Gasteiger partial charge in [0.2, 0.25) is 0 Å². The summed E-state index contributed by atoms with van der Waals surface area (Å²) in [4.78, 5) is 21.6. The number of ether oxygens (including phenoxy) is 6. The molecule has 6 aromatic rings. The summed E-state index contributed by atoms with van der Waals surface area (Å²) in [6.45, 7) is 4.37. The van der Waals surface area contributed by atoms with Crippen LogP contribution in [0.2, 0.25) is 0 Å². The molecule has 3 aromatic carbocycles. The number of benzene rings is 3. The van der Waals surface area contributed by atoms with Crippen molar-refractivity contribution in [2.75, 3.05) is 57.8 Å². The molecule has 1 aliphatic carbocycles. The number of hydrogen-bond acceptors (Lipinski definition) is 24. The van der Waals surface area contributed by atoms with Crippen molar-refractivity contribution >= 4 is 27.8 Å². The third kappa shape index (κ3) is 12.3. The van der Waals surface area contributed by atoms with Gasteiger partial charge in [-0.05, 0) is 99.8 Å². The van der Waals surface area contributed by atoms with E-state index < -0.39 is 116 Å². The molecule has 0 radical (unpaired) electrons. The number of nitrogens with zero attached hydrogens (tertiary/aromatic N) is 7. The van der Waals surface area contributed by atoms with Crippen LogP contribution in [0.1, 0.15) is 31.4 Å². The lowest BCUT2D eigenvalue weighted by Crippen LogP contribution is -2.68. The highest BCUT2D eigenvalue weighted by atomic mass is 16.7. The van der Waals surface area contributed by atoms with Gasteiger partial charge in [0.25, 0.3) is 0 Å². The maximum absolute atomic E-state index is 12.1. The summed E-state index contributed by atoms with van der Waals surface area (Å²) >= 11 is 0. The predicted molar refractivity (Wildman–Crippen MR) is 299 cm³/mol. The van der Waals surface area contributed by atoms with E-state index in [0.717, 1.165) is 89.6 Å². The van der Waals surface area contributed by atoms with Gasteiger partial charge in [0.1, 0.15) is 66.2 Å². The Kier molecular flexibility index (Phi) is 17.8. The van der Waals surface area contributed by atoms with Crippen molar-refractivity contribution in [1.29, 1.82) is 0 Å². The first kappa shape index (κ1) is 58.4. The number of unbranched alkanes of at least 4 members (excludes halogenated alkanes) is 1. The van der Waals surface area contributed by atoms with Gasteiger partial charge in [0, 0.05) is 80.3 Å². The Morgan fingerprint density at radius 3 is 1.99 bits per heavy atom. The molecule has 20 N–H and O–H groups in total. The smallest absolute Gasteiger partial charge is 0.184 e. The predicted octanol–water partition coefficient (Wildman–Crippen LogP) is -2.69. The summed E-state index contributed by atoms with van der Waals surface area (Å²) < 4.78 is 38.7. The molecular formula is C55H79N15O12. The van der Waals surface area contributed by atoms with E-state index in [0.29, 0.717) is 18.7 Å². The Morgan fingerprint density at radius 1 is 0.634 bits per heavy atom. The molecular weight excluding hydrogens is 1060 g/mol. The molecule has 8 unspecified atom stereocenters. The van der Waals surface area contributed by atoms with E-state index in [1.165, 1.54) is 5.69 Å². The number of aliphatic hydroxyl groups is 6. The highest BCUT2D eigenvalue weighted by Crippen LogP contribution is 2.39. The zero-order valence-corrected chi connectivity index (χ0v) is 45.7. The van der Waals surface area contributed by atoms with Crippen LogP contribution in [0.25, 0.3) is 44.8 Å². The minimum absolute atomic E-state index is 0.0274. The Balaban J connectivity index is 0.698.